The monoisotopic (exact) mass is 302 g/mol. The molecule has 0 bridgehead atoms. The Balaban J connectivity index is 2.19. The summed E-state index contributed by atoms with van der Waals surface area (Å²) in [7, 11) is 3.23. The maximum absolute atomic E-state index is 11.3. The lowest BCUT2D eigenvalue weighted by molar-refractivity contribution is 0.356. The van der Waals surface area contributed by atoms with Gasteiger partial charge in [-0.2, -0.15) is 5.10 Å². The summed E-state index contributed by atoms with van der Waals surface area (Å²) in [6, 6.07) is 7.47. The molecule has 0 aliphatic rings. The molecule has 21 heavy (non-hydrogen) atoms. The fourth-order valence-electron chi connectivity index (χ4n) is 2.23. The molecule has 2 heterocycles. The Bertz CT molecular complexity index is 826. The molecule has 5 nitrogen and oxygen atoms in total. The van der Waals surface area contributed by atoms with Gasteiger partial charge in [-0.1, -0.05) is 0 Å². The molecule has 0 fully saturated rings. The van der Waals surface area contributed by atoms with Crippen molar-refractivity contribution in [3.05, 3.63) is 40.2 Å². The molecule has 0 unspecified atom stereocenters. The van der Waals surface area contributed by atoms with Gasteiger partial charge in [0.2, 0.25) is 0 Å². The number of nitrogens with zero attached hydrogens (tertiary/aromatic N) is 1. The molecule has 0 aliphatic carbocycles. The molecule has 3 rings (SSSR count). The summed E-state index contributed by atoms with van der Waals surface area (Å²) >= 11 is 1.60. The van der Waals surface area contributed by atoms with Crippen molar-refractivity contribution in [1.82, 2.24) is 10.2 Å². The highest BCUT2D eigenvalue weighted by Gasteiger charge is 2.12. The molecule has 2 aromatic heterocycles. The third-order valence-corrected chi connectivity index (χ3v) is 4.36. The summed E-state index contributed by atoms with van der Waals surface area (Å²) in [4.78, 5) is 12.3. The second-order valence-electron chi connectivity index (χ2n) is 4.62. The van der Waals surface area contributed by atoms with E-state index in [1.807, 2.05) is 25.1 Å². The molecule has 0 radical (unpaired) electrons. The van der Waals surface area contributed by atoms with E-state index in [2.05, 4.69) is 10.2 Å². The number of aromatic nitrogens is 2. The molecular formula is C15H14N2O3S. The lowest BCUT2D eigenvalue weighted by atomic mass is 10.2. The number of aromatic amines is 1. The molecule has 0 saturated heterocycles. The number of H-pyrrole nitrogens is 1. The minimum absolute atomic E-state index is 0.194. The van der Waals surface area contributed by atoms with Gasteiger partial charge < -0.3 is 9.47 Å². The van der Waals surface area contributed by atoms with Crippen LogP contribution in [0.1, 0.15) is 5.56 Å². The first kappa shape index (κ1) is 13.6. The number of ether oxygens (including phenoxy) is 2. The van der Waals surface area contributed by atoms with Crippen LogP contribution in [-0.2, 0) is 0 Å². The molecule has 6 heteroatoms. The van der Waals surface area contributed by atoms with Gasteiger partial charge in [-0.15, -0.1) is 11.3 Å². The Morgan fingerprint density at radius 1 is 1.10 bits per heavy atom. The Kier molecular flexibility index (Phi) is 3.39. The van der Waals surface area contributed by atoms with E-state index in [0.717, 1.165) is 26.2 Å². The van der Waals surface area contributed by atoms with E-state index in [-0.39, 0.29) is 5.56 Å². The summed E-state index contributed by atoms with van der Waals surface area (Å²) in [5, 5.41) is 7.67. The van der Waals surface area contributed by atoms with E-state index in [1.165, 1.54) is 0 Å². The zero-order valence-corrected chi connectivity index (χ0v) is 12.7. The van der Waals surface area contributed by atoms with Crippen LogP contribution in [0.4, 0.5) is 0 Å². The quantitative estimate of drug-likeness (QED) is 0.808. The molecule has 1 N–H and O–H groups in total. The van der Waals surface area contributed by atoms with Gasteiger partial charge in [0, 0.05) is 16.8 Å². The minimum atomic E-state index is -0.194. The molecular weight excluding hydrogens is 288 g/mol. The highest BCUT2D eigenvalue weighted by molar-refractivity contribution is 7.22. The van der Waals surface area contributed by atoms with Crippen LogP contribution >= 0.6 is 11.3 Å². The van der Waals surface area contributed by atoms with Crippen molar-refractivity contribution in [1.29, 1.82) is 0 Å². The van der Waals surface area contributed by atoms with Gasteiger partial charge in [-0.05, 0) is 30.0 Å². The fourth-order valence-corrected chi connectivity index (χ4v) is 3.36. The maximum Gasteiger partial charge on any atom is 0.264 e. The number of nitrogens with one attached hydrogen (secondary N) is 1. The molecule has 0 atom stereocenters. The van der Waals surface area contributed by atoms with Gasteiger partial charge in [0.05, 0.1) is 19.1 Å². The first-order valence-corrected chi connectivity index (χ1v) is 7.16. The van der Waals surface area contributed by atoms with Gasteiger partial charge in [0.25, 0.3) is 5.56 Å². The van der Waals surface area contributed by atoms with Crippen LogP contribution in [-0.4, -0.2) is 24.4 Å². The lowest BCUT2D eigenvalue weighted by Gasteiger charge is -2.06. The van der Waals surface area contributed by atoms with Crippen LogP contribution in [0.3, 0.4) is 0 Å². The van der Waals surface area contributed by atoms with Gasteiger partial charge in [0.15, 0.2) is 11.5 Å². The highest BCUT2D eigenvalue weighted by atomic mass is 32.1. The average Bonchev–Trinajstić information content (AvgIpc) is 2.87. The Morgan fingerprint density at radius 3 is 2.48 bits per heavy atom. The first-order valence-electron chi connectivity index (χ1n) is 6.34. The average molecular weight is 302 g/mol. The van der Waals surface area contributed by atoms with Gasteiger partial charge in [-0.3, -0.25) is 4.79 Å². The van der Waals surface area contributed by atoms with E-state index in [1.54, 1.807) is 31.6 Å². The Morgan fingerprint density at radius 2 is 1.81 bits per heavy atom. The van der Waals surface area contributed by atoms with Crippen molar-refractivity contribution in [2.75, 3.05) is 14.2 Å². The largest absolute Gasteiger partial charge is 0.493 e. The predicted molar refractivity (Wildman–Crippen MR) is 83.5 cm³/mol. The second-order valence-corrected chi connectivity index (χ2v) is 5.70. The molecule has 0 spiro atoms. The predicted octanol–water partition coefficient (Wildman–Crippen LogP) is 2.98. The Hall–Kier alpha value is -2.34. The topological polar surface area (TPSA) is 64.2 Å². The number of methoxy groups -OCH3 is 2. The SMILES string of the molecule is COc1cc2cc(-c3n[nH]c(=O)cc3C)sc2cc1OC. The first-order chi connectivity index (χ1) is 10.1. The van der Waals surface area contributed by atoms with Crippen LogP contribution in [0.5, 0.6) is 11.5 Å². The maximum atomic E-state index is 11.3. The normalized spacial score (nSPS) is 10.8. The van der Waals surface area contributed by atoms with Crippen molar-refractivity contribution in [3.8, 4) is 22.1 Å². The lowest BCUT2D eigenvalue weighted by Crippen LogP contribution is -2.07. The van der Waals surface area contributed by atoms with Crippen molar-refractivity contribution < 1.29 is 9.47 Å². The van der Waals surface area contributed by atoms with Crippen LogP contribution in [0.15, 0.2) is 29.1 Å². The minimum Gasteiger partial charge on any atom is -0.493 e. The molecule has 0 amide bonds. The van der Waals surface area contributed by atoms with E-state index < -0.39 is 0 Å². The fraction of sp³-hybridized carbons (Fsp3) is 0.200. The summed E-state index contributed by atoms with van der Waals surface area (Å²) < 4.78 is 11.7. The zero-order chi connectivity index (χ0) is 15.0. The number of rotatable bonds is 3. The van der Waals surface area contributed by atoms with Gasteiger partial charge in [-0.25, -0.2) is 5.10 Å². The summed E-state index contributed by atoms with van der Waals surface area (Å²) in [5.41, 5.74) is 1.44. The zero-order valence-electron chi connectivity index (χ0n) is 11.9. The number of aryl methyl sites for hydroxylation is 1. The summed E-state index contributed by atoms with van der Waals surface area (Å²) in [6.45, 7) is 1.88. The molecule has 1 aromatic carbocycles. The van der Waals surface area contributed by atoms with E-state index in [0.29, 0.717) is 11.5 Å². The molecule has 0 aliphatic heterocycles. The molecule has 0 saturated carbocycles. The standard InChI is InChI=1S/C15H14N2O3S/c1-8-4-14(18)16-17-15(8)13-6-9-5-10(19-2)11(20-3)7-12(9)21-13/h4-7H,1-3H3,(H,16,18). The van der Waals surface area contributed by atoms with Crippen LogP contribution in [0.2, 0.25) is 0 Å². The third-order valence-electron chi connectivity index (χ3n) is 3.25. The van der Waals surface area contributed by atoms with E-state index in [9.17, 15) is 4.79 Å². The van der Waals surface area contributed by atoms with E-state index in [4.69, 9.17) is 9.47 Å². The smallest absolute Gasteiger partial charge is 0.264 e. The second kappa shape index (κ2) is 5.21. The number of fused-ring (bicyclic) bond motifs is 1. The number of hydrogen-bond acceptors (Lipinski definition) is 5. The van der Waals surface area contributed by atoms with Crippen LogP contribution < -0.4 is 15.0 Å². The van der Waals surface area contributed by atoms with Crippen molar-refractivity contribution in [2.45, 2.75) is 6.92 Å². The van der Waals surface area contributed by atoms with Crippen molar-refractivity contribution >= 4 is 21.4 Å². The van der Waals surface area contributed by atoms with Gasteiger partial charge >= 0.3 is 0 Å². The summed E-state index contributed by atoms with van der Waals surface area (Å²) in [6.07, 6.45) is 0. The Labute approximate surface area is 125 Å². The van der Waals surface area contributed by atoms with Crippen LogP contribution in [0.25, 0.3) is 20.7 Å². The van der Waals surface area contributed by atoms with E-state index >= 15 is 0 Å². The number of hydrogen-bond donors (Lipinski definition) is 1. The third kappa shape index (κ3) is 2.38. The highest BCUT2D eigenvalue weighted by Crippen LogP contribution is 2.39. The molecule has 108 valence electrons. The molecule has 3 aromatic rings. The summed E-state index contributed by atoms with van der Waals surface area (Å²) in [5.74, 6) is 1.39. The van der Waals surface area contributed by atoms with Gasteiger partial charge in [0.1, 0.15) is 5.69 Å². The van der Waals surface area contributed by atoms with Crippen molar-refractivity contribution in [2.24, 2.45) is 0 Å². The van der Waals surface area contributed by atoms with Crippen molar-refractivity contribution in [3.63, 3.8) is 0 Å². The number of thiophene rings is 1. The van der Waals surface area contributed by atoms with Crippen LogP contribution in [0, 0.1) is 6.92 Å². The number of benzene rings is 1.